The number of benzene rings is 1. The Hall–Kier alpha value is -1.29. The number of methoxy groups -OCH3 is 1. The number of carbonyl (C=O) groups excluding carboxylic acids is 1. The van der Waals surface area contributed by atoms with Crippen LogP contribution in [0, 0.1) is 14.9 Å². The van der Waals surface area contributed by atoms with E-state index in [-0.39, 0.29) is 16.9 Å². The van der Waals surface area contributed by atoms with Gasteiger partial charge in [-0.05, 0) is 34.7 Å². The Morgan fingerprint density at radius 2 is 2.29 bits per heavy atom. The highest BCUT2D eigenvalue weighted by Crippen LogP contribution is 2.26. The van der Waals surface area contributed by atoms with Gasteiger partial charge in [-0.25, -0.2) is 4.79 Å². The maximum atomic E-state index is 11.1. The van der Waals surface area contributed by atoms with Gasteiger partial charge in [-0.15, -0.1) is 0 Å². The molecule has 1 aromatic carbocycles. The Kier molecular flexibility index (Phi) is 3.30. The molecule has 14 heavy (non-hydrogen) atoms. The Morgan fingerprint density at radius 1 is 1.64 bits per heavy atom. The van der Waals surface area contributed by atoms with E-state index >= 15 is 0 Å². The van der Waals surface area contributed by atoms with Crippen LogP contribution >= 0.6 is 22.6 Å². The van der Waals surface area contributed by atoms with E-state index in [0.717, 1.165) is 0 Å². The minimum Gasteiger partial charge on any atom is -0.506 e. The van der Waals surface area contributed by atoms with Gasteiger partial charge in [0.25, 0.3) is 0 Å². The molecular weight excluding hydrogens is 297 g/mol. The van der Waals surface area contributed by atoms with Crippen LogP contribution in [0.4, 0.5) is 0 Å². The summed E-state index contributed by atoms with van der Waals surface area (Å²) in [5.74, 6) is -0.985. The van der Waals surface area contributed by atoms with Gasteiger partial charge >= 0.3 is 5.97 Å². The molecule has 0 bridgehead atoms. The third-order valence-corrected chi connectivity index (χ3v) is 2.54. The zero-order chi connectivity index (χ0) is 10.7. The largest absolute Gasteiger partial charge is 0.506 e. The van der Waals surface area contributed by atoms with Crippen molar-refractivity contribution in [1.29, 1.82) is 5.26 Å². The molecule has 0 spiro atoms. The Bertz CT molecular complexity index is 423. The first-order valence-electron chi connectivity index (χ1n) is 3.61. The molecule has 1 rings (SSSR count). The molecule has 0 unspecified atom stereocenters. The number of nitriles is 1. The molecule has 0 aliphatic heterocycles. The van der Waals surface area contributed by atoms with Gasteiger partial charge in [0, 0.05) is 3.57 Å². The molecule has 1 aromatic rings. The van der Waals surface area contributed by atoms with E-state index in [0.29, 0.717) is 3.57 Å². The van der Waals surface area contributed by atoms with E-state index < -0.39 is 5.97 Å². The van der Waals surface area contributed by atoms with Gasteiger partial charge in [0.05, 0.1) is 7.11 Å². The molecule has 0 saturated carbocycles. The molecule has 0 radical (unpaired) electrons. The second-order valence-corrected chi connectivity index (χ2v) is 3.58. The third-order valence-electron chi connectivity index (χ3n) is 1.64. The second kappa shape index (κ2) is 4.28. The van der Waals surface area contributed by atoms with Crippen LogP contribution in [0.1, 0.15) is 15.9 Å². The summed E-state index contributed by atoms with van der Waals surface area (Å²) < 4.78 is 5.04. The SMILES string of the molecule is COC(=O)c1ccc(I)c(C#N)c1O. The molecule has 1 N–H and O–H groups in total. The van der Waals surface area contributed by atoms with Crippen molar-refractivity contribution in [2.24, 2.45) is 0 Å². The molecule has 0 aliphatic rings. The van der Waals surface area contributed by atoms with Gasteiger partial charge in [-0.3, -0.25) is 0 Å². The minimum atomic E-state index is -0.657. The van der Waals surface area contributed by atoms with Crippen molar-refractivity contribution in [2.75, 3.05) is 7.11 Å². The number of nitrogens with zero attached hydrogens (tertiary/aromatic N) is 1. The second-order valence-electron chi connectivity index (χ2n) is 2.42. The van der Waals surface area contributed by atoms with Crippen molar-refractivity contribution in [3.8, 4) is 11.8 Å². The van der Waals surface area contributed by atoms with Gasteiger partial charge < -0.3 is 9.84 Å². The lowest BCUT2D eigenvalue weighted by molar-refractivity contribution is 0.0597. The van der Waals surface area contributed by atoms with Crippen LogP contribution in [-0.2, 0) is 4.74 Å². The highest BCUT2D eigenvalue weighted by atomic mass is 127. The number of ether oxygens (including phenoxy) is 1. The molecule has 0 heterocycles. The maximum Gasteiger partial charge on any atom is 0.341 e. The number of esters is 1. The van der Waals surface area contributed by atoms with Crippen LogP contribution in [0.5, 0.6) is 5.75 Å². The normalized spacial score (nSPS) is 9.21. The highest BCUT2D eigenvalue weighted by Gasteiger charge is 2.16. The van der Waals surface area contributed by atoms with Crippen LogP contribution in [0.2, 0.25) is 0 Å². The van der Waals surface area contributed by atoms with Crippen LogP contribution in [0.15, 0.2) is 12.1 Å². The summed E-state index contributed by atoms with van der Waals surface area (Å²) in [6.07, 6.45) is 0. The van der Waals surface area contributed by atoms with Crippen molar-refractivity contribution >= 4 is 28.6 Å². The Labute approximate surface area is 94.2 Å². The first kappa shape index (κ1) is 10.8. The van der Waals surface area contributed by atoms with E-state index in [9.17, 15) is 9.90 Å². The number of hydrogen-bond acceptors (Lipinski definition) is 4. The summed E-state index contributed by atoms with van der Waals surface area (Å²) in [5.41, 5.74) is 0.0953. The maximum absolute atomic E-state index is 11.1. The monoisotopic (exact) mass is 303 g/mol. The zero-order valence-corrected chi connectivity index (χ0v) is 9.40. The third kappa shape index (κ3) is 1.80. The molecule has 0 saturated heterocycles. The molecule has 0 atom stereocenters. The van der Waals surface area contributed by atoms with Crippen LogP contribution in [-0.4, -0.2) is 18.2 Å². The van der Waals surface area contributed by atoms with Crippen molar-refractivity contribution in [2.45, 2.75) is 0 Å². The first-order chi connectivity index (χ1) is 6.61. The zero-order valence-electron chi connectivity index (χ0n) is 7.24. The molecule has 0 amide bonds. The topological polar surface area (TPSA) is 70.3 Å². The lowest BCUT2D eigenvalue weighted by Crippen LogP contribution is -2.03. The summed E-state index contributed by atoms with van der Waals surface area (Å²) in [7, 11) is 1.21. The van der Waals surface area contributed by atoms with Gasteiger partial charge in [-0.1, -0.05) is 0 Å². The fraction of sp³-hybridized carbons (Fsp3) is 0.111. The lowest BCUT2D eigenvalue weighted by atomic mass is 10.1. The average molecular weight is 303 g/mol. The van der Waals surface area contributed by atoms with Crippen molar-refractivity contribution in [1.82, 2.24) is 0 Å². The number of halogens is 1. The van der Waals surface area contributed by atoms with E-state index in [4.69, 9.17) is 5.26 Å². The molecule has 72 valence electrons. The molecule has 0 aliphatic carbocycles. The number of rotatable bonds is 1. The van der Waals surface area contributed by atoms with Gasteiger partial charge in [0.1, 0.15) is 22.9 Å². The number of phenolic OH excluding ortho intramolecular Hbond substituents is 1. The lowest BCUT2D eigenvalue weighted by Gasteiger charge is -2.04. The van der Waals surface area contributed by atoms with E-state index in [1.54, 1.807) is 6.07 Å². The van der Waals surface area contributed by atoms with Crippen molar-refractivity contribution in [3.63, 3.8) is 0 Å². The quantitative estimate of drug-likeness (QED) is 0.632. The Morgan fingerprint density at radius 3 is 2.79 bits per heavy atom. The molecule has 0 aromatic heterocycles. The van der Waals surface area contributed by atoms with E-state index in [1.807, 2.05) is 28.7 Å². The van der Waals surface area contributed by atoms with Crippen LogP contribution < -0.4 is 0 Å². The number of aromatic hydroxyl groups is 1. The minimum absolute atomic E-state index is 0.00414. The smallest absolute Gasteiger partial charge is 0.341 e. The van der Waals surface area contributed by atoms with E-state index in [2.05, 4.69) is 4.74 Å². The first-order valence-corrected chi connectivity index (χ1v) is 4.69. The van der Waals surface area contributed by atoms with Gasteiger partial charge in [-0.2, -0.15) is 5.26 Å². The summed E-state index contributed by atoms with van der Waals surface area (Å²) in [4.78, 5) is 11.1. The Balaban J connectivity index is 3.37. The average Bonchev–Trinajstić information content (AvgIpc) is 2.18. The van der Waals surface area contributed by atoms with Crippen molar-refractivity contribution in [3.05, 3.63) is 26.8 Å². The van der Waals surface area contributed by atoms with Crippen molar-refractivity contribution < 1.29 is 14.6 Å². The standard InChI is InChI=1S/C9H6INO3/c1-14-9(13)5-2-3-7(10)6(4-11)8(5)12/h2-3,12H,1H3. The molecule has 5 heteroatoms. The predicted octanol–water partition coefficient (Wildman–Crippen LogP) is 1.66. The summed E-state index contributed by atoms with van der Waals surface area (Å²) in [6.45, 7) is 0. The summed E-state index contributed by atoms with van der Waals surface area (Å²) in [6, 6.07) is 4.81. The number of hydrogen-bond donors (Lipinski definition) is 1. The summed E-state index contributed by atoms with van der Waals surface area (Å²) in [5, 5.41) is 18.3. The van der Waals surface area contributed by atoms with Crippen LogP contribution in [0.3, 0.4) is 0 Å². The van der Waals surface area contributed by atoms with Gasteiger partial charge in [0.15, 0.2) is 0 Å². The van der Waals surface area contributed by atoms with Crippen LogP contribution in [0.25, 0.3) is 0 Å². The molecule has 0 fully saturated rings. The fourth-order valence-electron chi connectivity index (χ4n) is 0.948. The molecular formula is C9H6INO3. The highest BCUT2D eigenvalue weighted by molar-refractivity contribution is 14.1. The predicted molar refractivity (Wildman–Crippen MR) is 56.9 cm³/mol. The van der Waals surface area contributed by atoms with E-state index in [1.165, 1.54) is 13.2 Å². The number of carbonyl (C=O) groups is 1. The molecule has 4 nitrogen and oxygen atoms in total. The van der Waals surface area contributed by atoms with Gasteiger partial charge in [0.2, 0.25) is 0 Å². The summed E-state index contributed by atoms with van der Waals surface area (Å²) >= 11 is 1.90. The fourth-order valence-corrected chi connectivity index (χ4v) is 1.50. The number of phenols is 1.